The molecule has 112 valence electrons. The minimum absolute atomic E-state index is 0.353. The lowest BCUT2D eigenvalue weighted by Gasteiger charge is -2.16. The Morgan fingerprint density at radius 1 is 1.25 bits per heavy atom. The van der Waals surface area contributed by atoms with Crippen LogP contribution in [0.4, 0.5) is 0 Å². The van der Waals surface area contributed by atoms with Crippen molar-refractivity contribution in [2.75, 3.05) is 33.4 Å². The monoisotopic (exact) mass is 297 g/mol. The highest BCUT2D eigenvalue weighted by Gasteiger charge is 2.06. The summed E-state index contributed by atoms with van der Waals surface area (Å²) in [6.45, 7) is 3.53. The van der Waals surface area contributed by atoms with Crippen molar-refractivity contribution in [3.63, 3.8) is 0 Å². The highest BCUT2D eigenvalue weighted by Crippen LogP contribution is 2.10. The van der Waals surface area contributed by atoms with Crippen LogP contribution in [0.15, 0.2) is 34.2 Å². The summed E-state index contributed by atoms with van der Waals surface area (Å²) < 4.78 is 22.7. The van der Waals surface area contributed by atoms with Gasteiger partial charge in [0.1, 0.15) is 0 Å². The van der Waals surface area contributed by atoms with Crippen molar-refractivity contribution in [3.8, 4) is 0 Å². The van der Waals surface area contributed by atoms with Crippen molar-refractivity contribution in [2.24, 2.45) is 4.99 Å². The number of hydrogen-bond donors (Lipinski definition) is 1. The number of rotatable bonds is 5. The van der Waals surface area contributed by atoms with E-state index in [-0.39, 0.29) is 0 Å². The first-order chi connectivity index (χ1) is 9.34. The van der Waals surface area contributed by atoms with Crippen LogP contribution in [0, 0.1) is 0 Å². The Morgan fingerprint density at radius 2 is 1.85 bits per heavy atom. The van der Waals surface area contributed by atoms with Gasteiger partial charge < -0.3 is 10.2 Å². The number of sulfone groups is 1. The summed E-state index contributed by atoms with van der Waals surface area (Å²) in [4.78, 5) is 6.79. The fourth-order valence-corrected chi connectivity index (χ4v) is 2.34. The van der Waals surface area contributed by atoms with Gasteiger partial charge in [-0.2, -0.15) is 0 Å². The smallest absolute Gasteiger partial charge is 0.193 e. The van der Waals surface area contributed by atoms with E-state index >= 15 is 0 Å². The normalized spacial score (nSPS) is 12.3. The van der Waals surface area contributed by atoms with E-state index in [4.69, 9.17) is 0 Å². The fraction of sp³-hybridized carbons (Fsp3) is 0.500. The van der Waals surface area contributed by atoms with Crippen LogP contribution in [-0.4, -0.2) is 52.7 Å². The van der Waals surface area contributed by atoms with E-state index in [0.29, 0.717) is 11.4 Å². The molecule has 0 aliphatic carbocycles. The van der Waals surface area contributed by atoms with Gasteiger partial charge in [-0.15, -0.1) is 0 Å². The third-order valence-corrected chi connectivity index (χ3v) is 3.90. The van der Waals surface area contributed by atoms with Gasteiger partial charge in [0.05, 0.1) is 4.90 Å². The molecule has 0 amide bonds. The molecule has 0 bridgehead atoms. The van der Waals surface area contributed by atoms with Crippen LogP contribution >= 0.6 is 0 Å². The van der Waals surface area contributed by atoms with Gasteiger partial charge in [-0.3, -0.25) is 4.99 Å². The maximum absolute atomic E-state index is 11.4. The zero-order chi connectivity index (χ0) is 15.2. The summed E-state index contributed by atoms with van der Waals surface area (Å²) in [5.41, 5.74) is 1.08. The molecule has 5 nitrogen and oxygen atoms in total. The highest BCUT2D eigenvalue weighted by molar-refractivity contribution is 7.90. The van der Waals surface area contributed by atoms with E-state index in [1.807, 2.05) is 38.1 Å². The summed E-state index contributed by atoms with van der Waals surface area (Å²) in [6, 6.07) is 6.97. The van der Waals surface area contributed by atoms with Gasteiger partial charge in [0.25, 0.3) is 0 Å². The lowest BCUT2D eigenvalue weighted by atomic mass is 10.1. The maximum Gasteiger partial charge on any atom is 0.193 e. The number of guanidine groups is 1. The van der Waals surface area contributed by atoms with Gasteiger partial charge in [0.15, 0.2) is 15.8 Å². The fourth-order valence-electron chi connectivity index (χ4n) is 1.71. The van der Waals surface area contributed by atoms with Gasteiger partial charge in [0, 0.05) is 33.4 Å². The van der Waals surface area contributed by atoms with Gasteiger partial charge in [0.2, 0.25) is 0 Å². The van der Waals surface area contributed by atoms with E-state index in [2.05, 4.69) is 10.3 Å². The zero-order valence-corrected chi connectivity index (χ0v) is 13.4. The second kappa shape index (κ2) is 7.28. The van der Waals surface area contributed by atoms with Crippen LogP contribution in [-0.2, 0) is 16.3 Å². The molecule has 0 saturated carbocycles. The Balaban J connectivity index is 2.64. The maximum atomic E-state index is 11.4. The van der Waals surface area contributed by atoms with Crippen molar-refractivity contribution in [1.29, 1.82) is 0 Å². The first-order valence-electron chi connectivity index (χ1n) is 6.59. The van der Waals surface area contributed by atoms with Crippen LogP contribution in [0.2, 0.25) is 0 Å². The molecule has 1 aromatic carbocycles. The van der Waals surface area contributed by atoms with E-state index in [9.17, 15) is 8.42 Å². The molecule has 0 aliphatic heterocycles. The van der Waals surface area contributed by atoms with Crippen molar-refractivity contribution in [2.45, 2.75) is 18.2 Å². The topological polar surface area (TPSA) is 61.8 Å². The molecule has 0 atom stereocenters. The summed E-state index contributed by atoms with van der Waals surface area (Å²) in [7, 11) is 0.777. The Kier molecular flexibility index (Phi) is 6.01. The van der Waals surface area contributed by atoms with Crippen LogP contribution in [0.3, 0.4) is 0 Å². The molecule has 1 rings (SSSR count). The van der Waals surface area contributed by atoms with Crippen molar-refractivity contribution in [1.82, 2.24) is 10.2 Å². The third kappa shape index (κ3) is 5.21. The van der Waals surface area contributed by atoms with Crippen molar-refractivity contribution >= 4 is 15.8 Å². The molecule has 1 N–H and O–H groups in total. The molecule has 0 aromatic heterocycles. The molecule has 1 aromatic rings. The average Bonchev–Trinajstić information content (AvgIpc) is 2.37. The minimum atomic E-state index is -3.12. The first-order valence-corrected chi connectivity index (χ1v) is 8.48. The number of aliphatic imine (C=N–C) groups is 1. The lowest BCUT2D eigenvalue weighted by molar-refractivity contribution is 0.583. The van der Waals surface area contributed by atoms with Gasteiger partial charge >= 0.3 is 0 Å². The Bertz CT molecular complexity index is 548. The average molecular weight is 297 g/mol. The largest absolute Gasteiger partial charge is 0.357 e. The standard InChI is InChI=1S/C14H23N3O2S/c1-5-15-14(17(2)3)16-11-10-12-6-8-13(9-7-12)20(4,18)19/h6-9H,5,10-11H2,1-4H3,(H,15,16). The molecule has 0 saturated heterocycles. The van der Waals surface area contributed by atoms with E-state index in [1.165, 1.54) is 6.26 Å². The molecule has 0 fully saturated rings. The van der Waals surface area contributed by atoms with Crippen LogP contribution in [0.1, 0.15) is 12.5 Å². The van der Waals surface area contributed by atoms with E-state index in [0.717, 1.165) is 24.5 Å². The molecule has 0 aliphatic rings. The molecule has 0 unspecified atom stereocenters. The number of benzene rings is 1. The van der Waals surface area contributed by atoms with Crippen molar-refractivity contribution in [3.05, 3.63) is 29.8 Å². The molecule has 20 heavy (non-hydrogen) atoms. The third-order valence-electron chi connectivity index (χ3n) is 2.77. The molecule has 0 spiro atoms. The van der Waals surface area contributed by atoms with Gasteiger partial charge in [-0.05, 0) is 31.0 Å². The quantitative estimate of drug-likeness (QED) is 0.654. The predicted molar refractivity (Wildman–Crippen MR) is 82.9 cm³/mol. The Morgan fingerprint density at radius 3 is 2.30 bits per heavy atom. The molecular weight excluding hydrogens is 274 g/mol. The number of hydrogen-bond acceptors (Lipinski definition) is 3. The van der Waals surface area contributed by atoms with Crippen molar-refractivity contribution < 1.29 is 8.42 Å². The molecular formula is C14H23N3O2S. The molecule has 0 heterocycles. The molecule has 0 radical (unpaired) electrons. The first kappa shape index (κ1) is 16.5. The second-order valence-corrected chi connectivity index (χ2v) is 6.81. The van der Waals surface area contributed by atoms with Gasteiger partial charge in [-0.25, -0.2) is 8.42 Å². The predicted octanol–water partition coefficient (Wildman–Crippen LogP) is 1.16. The van der Waals surface area contributed by atoms with Gasteiger partial charge in [-0.1, -0.05) is 12.1 Å². The SMILES string of the molecule is CCNC(=NCCc1ccc(S(C)(=O)=O)cc1)N(C)C. The highest BCUT2D eigenvalue weighted by atomic mass is 32.2. The zero-order valence-electron chi connectivity index (χ0n) is 12.5. The van der Waals surface area contributed by atoms with Crippen LogP contribution in [0.5, 0.6) is 0 Å². The summed E-state index contributed by atoms with van der Waals surface area (Å²) in [6.07, 6.45) is 2.00. The Hall–Kier alpha value is -1.56. The number of nitrogens with zero attached hydrogens (tertiary/aromatic N) is 2. The Labute approximate surface area is 121 Å². The second-order valence-electron chi connectivity index (χ2n) is 4.80. The van der Waals surface area contributed by atoms with E-state index in [1.54, 1.807) is 12.1 Å². The van der Waals surface area contributed by atoms with E-state index < -0.39 is 9.84 Å². The summed E-state index contributed by atoms with van der Waals surface area (Å²) in [5.74, 6) is 0.861. The lowest BCUT2D eigenvalue weighted by Crippen LogP contribution is -2.36. The number of nitrogens with one attached hydrogen (secondary N) is 1. The summed E-state index contributed by atoms with van der Waals surface area (Å²) in [5, 5.41) is 3.19. The minimum Gasteiger partial charge on any atom is -0.357 e. The van der Waals surface area contributed by atoms with Crippen LogP contribution < -0.4 is 5.32 Å². The summed E-state index contributed by atoms with van der Waals surface area (Å²) >= 11 is 0. The van der Waals surface area contributed by atoms with Crippen LogP contribution in [0.25, 0.3) is 0 Å². The molecule has 6 heteroatoms.